The molecular formula is C15H20N4O. The molecule has 0 bridgehead atoms. The minimum absolute atomic E-state index is 0.0802. The summed E-state index contributed by atoms with van der Waals surface area (Å²) in [5, 5.41) is 12.1. The summed E-state index contributed by atoms with van der Waals surface area (Å²) in [5.41, 5.74) is 1.42. The van der Waals surface area contributed by atoms with Gasteiger partial charge in [0.05, 0.1) is 17.7 Å². The Bertz CT molecular complexity index is 500. The highest BCUT2D eigenvalue weighted by Crippen LogP contribution is 2.16. The summed E-state index contributed by atoms with van der Waals surface area (Å²) < 4.78 is 0. The van der Waals surface area contributed by atoms with E-state index in [1.54, 1.807) is 36.2 Å². The van der Waals surface area contributed by atoms with Crippen molar-refractivity contribution in [3.8, 4) is 6.07 Å². The van der Waals surface area contributed by atoms with Crippen molar-refractivity contribution >= 4 is 11.6 Å². The zero-order valence-corrected chi connectivity index (χ0v) is 12.0. The Morgan fingerprint density at radius 3 is 2.50 bits per heavy atom. The Hall–Kier alpha value is -1.90. The highest BCUT2D eigenvalue weighted by atomic mass is 16.2. The summed E-state index contributed by atoms with van der Waals surface area (Å²) in [6.45, 7) is 5.60. The Balaban J connectivity index is 2.04. The van der Waals surface area contributed by atoms with Gasteiger partial charge in [0.1, 0.15) is 0 Å². The molecule has 0 radical (unpaired) electrons. The number of rotatable bonds is 3. The van der Waals surface area contributed by atoms with E-state index in [-0.39, 0.29) is 11.9 Å². The van der Waals surface area contributed by atoms with Crippen molar-refractivity contribution in [2.75, 3.05) is 38.1 Å². The summed E-state index contributed by atoms with van der Waals surface area (Å²) in [6, 6.07) is 9.03. The maximum atomic E-state index is 12.5. The number of carbonyl (C=O) groups excluding carboxylic acids is 1. The van der Waals surface area contributed by atoms with Crippen molar-refractivity contribution in [3.63, 3.8) is 0 Å². The number of amides is 1. The summed E-state index contributed by atoms with van der Waals surface area (Å²) in [6.07, 6.45) is 0. The Morgan fingerprint density at radius 1 is 1.35 bits per heavy atom. The van der Waals surface area contributed by atoms with E-state index in [9.17, 15) is 4.79 Å². The quantitative estimate of drug-likeness (QED) is 0.885. The van der Waals surface area contributed by atoms with E-state index in [1.807, 2.05) is 6.92 Å². The van der Waals surface area contributed by atoms with E-state index in [2.05, 4.69) is 16.3 Å². The Labute approximate surface area is 119 Å². The molecule has 1 aliphatic rings. The standard InChI is InChI=1S/C15H20N4O/c1-12(19-9-7-17-8-10-19)15(20)18(2)14-5-3-13(11-16)4-6-14/h3-6,12,17H,7-10H2,1-2H3. The number of nitrogens with zero attached hydrogens (tertiary/aromatic N) is 3. The molecule has 1 N–H and O–H groups in total. The molecule has 1 aromatic rings. The molecule has 106 valence electrons. The van der Waals surface area contributed by atoms with Crippen LogP contribution in [-0.4, -0.2) is 50.1 Å². The van der Waals surface area contributed by atoms with E-state index >= 15 is 0 Å². The van der Waals surface area contributed by atoms with E-state index in [1.165, 1.54) is 0 Å². The molecule has 0 aromatic heterocycles. The fourth-order valence-corrected chi connectivity index (χ4v) is 2.39. The van der Waals surface area contributed by atoms with Crippen LogP contribution in [0.2, 0.25) is 0 Å². The molecule has 0 spiro atoms. The smallest absolute Gasteiger partial charge is 0.243 e. The first-order valence-electron chi connectivity index (χ1n) is 6.86. The lowest BCUT2D eigenvalue weighted by Crippen LogP contribution is -2.53. The number of piperazine rings is 1. The summed E-state index contributed by atoms with van der Waals surface area (Å²) in [5.74, 6) is 0.0802. The Morgan fingerprint density at radius 2 is 1.95 bits per heavy atom. The van der Waals surface area contributed by atoms with E-state index < -0.39 is 0 Å². The predicted molar refractivity (Wildman–Crippen MR) is 78.5 cm³/mol. The average Bonchev–Trinajstić information content (AvgIpc) is 2.53. The van der Waals surface area contributed by atoms with Gasteiger partial charge in [-0.1, -0.05) is 0 Å². The lowest BCUT2D eigenvalue weighted by atomic mass is 10.1. The molecule has 1 heterocycles. The van der Waals surface area contributed by atoms with Crippen LogP contribution in [0, 0.1) is 11.3 Å². The molecule has 5 heteroatoms. The first-order valence-corrected chi connectivity index (χ1v) is 6.86. The van der Waals surface area contributed by atoms with E-state index in [0.29, 0.717) is 5.56 Å². The molecule has 1 fully saturated rings. The molecule has 1 aliphatic heterocycles. The first-order chi connectivity index (χ1) is 9.63. The molecule has 1 aromatic carbocycles. The molecule has 5 nitrogen and oxygen atoms in total. The maximum Gasteiger partial charge on any atom is 0.243 e. The van der Waals surface area contributed by atoms with Gasteiger partial charge >= 0.3 is 0 Å². The van der Waals surface area contributed by atoms with Crippen LogP contribution in [0.3, 0.4) is 0 Å². The monoisotopic (exact) mass is 272 g/mol. The van der Waals surface area contributed by atoms with Crippen molar-refractivity contribution < 1.29 is 4.79 Å². The number of anilines is 1. The third-order valence-corrected chi connectivity index (χ3v) is 3.77. The second kappa shape index (κ2) is 6.51. The van der Waals surface area contributed by atoms with Crippen molar-refractivity contribution in [1.29, 1.82) is 5.26 Å². The minimum atomic E-state index is -0.127. The molecule has 1 atom stereocenters. The zero-order chi connectivity index (χ0) is 14.5. The summed E-state index contributed by atoms with van der Waals surface area (Å²) >= 11 is 0. The Kier molecular flexibility index (Phi) is 4.72. The second-order valence-electron chi connectivity index (χ2n) is 5.02. The van der Waals surface area contributed by atoms with Gasteiger partial charge in [-0.15, -0.1) is 0 Å². The third-order valence-electron chi connectivity index (χ3n) is 3.77. The highest BCUT2D eigenvalue weighted by molar-refractivity contribution is 5.96. The predicted octanol–water partition coefficient (Wildman–Crippen LogP) is 0.815. The van der Waals surface area contributed by atoms with Gasteiger partial charge in [-0.05, 0) is 31.2 Å². The lowest BCUT2D eigenvalue weighted by molar-refractivity contribution is -0.123. The van der Waals surface area contributed by atoms with Gasteiger partial charge < -0.3 is 10.2 Å². The summed E-state index contributed by atoms with van der Waals surface area (Å²) in [4.78, 5) is 16.4. The van der Waals surface area contributed by atoms with Crippen LogP contribution in [0.5, 0.6) is 0 Å². The molecule has 0 aliphatic carbocycles. The van der Waals surface area contributed by atoms with Gasteiger partial charge in [0.25, 0.3) is 0 Å². The van der Waals surface area contributed by atoms with Crippen LogP contribution in [0.25, 0.3) is 0 Å². The van der Waals surface area contributed by atoms with Gasteiger partial charge in [0, 0.05) is 38.9 Å². The fraction of sp³-hybridized carbons (Fsp3) is 0.467. The number of hydrogen-bond donors (Lipinski definition) is 1. The molecule has 20 heavy (non-hydrogen) atoms. The van der Waals surface area contributed by atoms with Crippen molar-refractivity contribution in [2.24, 2.45) is 0 Å². The number of benzene rings is 1. The van der Waals surface area contributed by atoms with Crippen molar-refractivity contribution in [2.45, 2.75) is 13.0 Å². The molecule has 1 amide bonds. The number of hydrogen-bond acceptors (Lipinski definition) is 4. The SMILES string of the molecule is CC(C(=O)N(C)c1ccc(C#N)cc1)N1CCNCC1. The van der Waals surface area contributed by atoms with Gasteiger partial charge in [0.15, 0.2) is 0 Å². The number of likely N-dealkylation sites (N-methyl/N-ethyl adjacent to an activating group) is 1. The normalized spacial score (nSPS) is 17.2. The number of nitrogens with one attached hydrogen (secondary N) is 1. The maximum absolute atomic E-state index is 12.5. The molecule has 1 saturated heterocycles. The molecule has 1 unspecified atom stereocenters. The van der Waals surface area contributed by atoms with Gasteiger partial charge in [-0.2, -0.15) is 5.26 Å². The fourth-order valence-electron chi connectivity index (χ4n) is 2.39. The average molecular weight is 272 g/mol. The van der Waals surface area contributed by atoms with Crippen LogP contribution in [0.15, 0.2) is 24.3 Å². The summed E-state index contributed by atoms with van der Waals surface area (Å²) in [7, 11) is 1.78. The molecular weight excluding hydrogens is 252 g/mol. The third kappa shape index (κ3) is 3.16. The number of carbonyl (C=O) groups is 1. The van der Waals surface area contributed by atoms with E-state index in [0.717, 1.165) is 31.9 Å². The largest absolute Gasteiger partial charge is 0.314 e. The highest BCUT2D eigenvalue weighted by Gasteiger charge is 2.25. The second-order valence-corrected chi connectivity index (χ2v) is 5.02. The van der Waals surface area contributed by atoms with Crippen LogP contribution < -0.4 is 10.2 Å². The number of nitriles is 1. The molecule has 0 saturated carbocycles. The van der Waals surface area contributed by atoms with Crippen LogP contribution >= 0.6 is 0 Å². The lowest BCUT2D eigenvalue weighted by Gasteiger charge is -2.34. The van der Waals surface area contributed by atoms with Crippen LogP contribution in [-0.2, 0) is 4.79 Å². The van der Waals surface area contributed by atoms with E-state index in [4.69, 9.17) is 5.26 Å². The molecule has 2 rings (SSSR count). The minimum Gasteiger partial charge on any atom is -0.314 e. The van der Waals surface area contributed by atoms with Gasteiger partial charge in [0.2, 0.25) is 5.91 Å². The first kappa shape index (κ1) is 14.5. The van der Waals surface area contributed by atoms with Crippen LogP contribution in [0.4, 0.5) is 5.69 Å². The van der Waals surface area contributed by atoms with Crippen molar-refractivity contribution in [3.05, 3.63) is 29.8 Å². The van der Waals surface area contributed by atoms with Crippen molar-refractivity contribution in [1.82, 2.24) is 10.2 Å². The van der Waals surface area contributed by atoms with Crippen LogP contribution in [0.1, 0.15) is 12.5 Å². The van der Waals surface area contributed by atoms with Gasteiger partial charge in [-0.25, -0.2) is 0 Å². The topological polar surface area (TPSA) is 59.4 Å². The zero-order valence-electron chi connectivity index (χ0n) is 12.0. The van der Waals surface area contributed by atoms with Gasteiger partial charge in [-0.3, -0.25) is 9.69 Å².